The van der Waals surface area contributed by atoms with Crippen molar-refractivity contribution >= 4 is 17.8 Å². The van der Waals surface area contributed by atoms with Crippen LogP contribution in [0.1, 0.15) is 33.6 Å². The Morgan fingerprint density at radius 3 is 2.64 bits per heavy atom. The first-order chi connectivity index (χ1) is 10.4. The van der Waals surface area contributed by atoms with Gasteiger partial charge in [-0.1, -0.05) is 0 Å². The number of hydrogen-bond donors (Lipinski definition) is 3. The molecule has 1 heterocycles. The summed E-state index contributed by atoms with van der Waals surface area (Å²) in [4.78, 5) is 36.2. The Labute approximate surface area is 131 Å². The van der Waals surface area contributed by atoms with Gasteiger partial charge in [0.05, 0.1) is 26.2 Å². The van der Waals surface area contributed by atoms with E-state index in [4.69, 9.17) is 4.74 Å². The number of piperidine rings is 1. The summed E-state index contributed by atoms with van der Waals surface area (Å²) >= 11 is 0. The second-order valence-electron chi connectivity index (χ2n) is 5.97. The van der Waals surface area contributed by atoms with Crippen LogP contribution in [0.25, 0.3) is 0 Å². The lowest BCUT2D eigenvalue weighted by molar-refractivity contribution is -0.899. The minimum Gasteiger partial charge on any atom is -0.466 e. The summed E-state index contributed by atoms with van der Waals surface area (Å²) in [6.45, 7) is 7.67. The Hall–Kier alpha value is -1.63. The van der Waals surface area contributed by atoms with Crippen molar-refractivity contribution in [1.82, 2.24) is 10.6 Å². The van der Waals surface area contributed by atoms with Crippen LogP contribution >= 0.6 is 0 Å². The fourth-order valence-corrected chi connectivity index (χ4v) is 2.61. The second kappa shape index (κ2) is 9.40. The van der Waals surface area contributed by atoms with Gasteiger partial charge < -0.3 is 20.3 Å². The van der Waals surface area contributed by atoms with Gasteiger partial charge in [-0.05, 0) is 33.6 Å². The van der Waals surface area contributed by atoms with Gasteiger partial charge in [0, 0.05) is 6.04 Å². The summed E-state index contributed by atoms with van der Waals surface area (Å²) < 4.78 is 5.04. The van der Waals surface area contributed by atoms with E-state index < -0.39 is 0 Å². The molecular weight excluding hydrogens is 286 g/mol. The lowest BCUT2D eigenvalue weighted by atomic mass is 9.98. The van der Waals surface area contributed by atoms with Gasteiger partial charge in [0.1, 0.15) is 5.92 Å². The smallest absolute Gasteiger partial charge is 0.314 e. The fraction of sp³-hybridized carbons (Fsp3) is 0.800. The van der Waals surface area contributed by atoms with Gasteiger partial charge in [-0.2, -0.15) is 0 Å². The van der Waals surface area contributed by atoms with E-state index in [1.165, 1.54) is 0 Å². The van der Waals surface area contributed by atoms with Crippen molar-refractivity contribution in [3.63, 3.8) is 0 Å². The SMILES string of the molecule is CCOC(=O)[C@H]1CCC[NH+](CC(=O)NCC(=O)NC(C)C)C1. The van der Waals surface area contributed by atoms with Gasteiger partial charge in [0.15, 0.2) is 6.54 Å². The number of carbonyl (C=O) groups excluding carboxylic acids is 3. The summed E-state index contributed by atoms with van der Waals surface area (Å²) in [7, 11) is 0. The normalized spacial score (nSPS) is 21.3. The van der Waals surface area contributed by atoms with Crippen LogP contribution in [0.2, 0.25) is 0 Å². The van der Waals surface area contributed by atoms with Crippen molar-refractivity contribution in [1.29, 1.82) is 0 Å². The monoisotopic (exact) mass is 314 g/mol. The molecule has 0 aromatic rings. The topological polar surface area (TPSA) is 88.9 Å². The fourth-order valence-electron chi connectivity index (χ4n) is 2.61. The Morgan fingerprint density at radius 1 is 1.27 bits per heavy atom. The molecule has 1 rings (SSSR count). The molecule has 0 saturated carbocycles. The highest BCUT2D eigenvalue weighted by atomic mass is 16.5. The van der Waals surface area contributed by atoms with E-state index in [2.05, 4.69) is 10.6 Å². The molecule has 1 saturated heterocycles. The zero-order chi connectivity index (χ0) is 16.5. The number of nitrogens with one attached hydrogen (secondary N) is 3. The third kappa shape index (κ3) is 6.89. The number of hydrogen-bond acceptors (Lipinski definition) is 4. The third-order valence-corrected chi connectivity index (χ3v) is 3.54. The average Bonchev–Trinajstić information content (AvgIpc) is 2.45. The molecule has 0 bridgehead atoms. The highest BCUT2D eigenvalue weighted by molar-refractivity contribution is 5.85. The summed E-state index contributed by atoms with van der Waals surface area (Å²) in [6.07, 6.45) is 1.72. The van der Waals surface area contributed by atoms with Crippen LogP contribution in [0.5, 0.6) is 0 Å². The predicted molar refractivity (Wildman–Crippen MR) is 81.2 cm³/mol. The standard InChI is InChI=1S/C15H27N3O4/c1-4-22-15(21)12-6-5-7-18(9-12)10-14(20)16-8-13(19)17-11(2)3/h11-12H,4-10H2,1-3H3,(H,16,20)(H,17,19)/p+1/t12-/m0/s1. The van der Waals surface area contributed by atoms with E-state index in [0.29, 0.717) is 13.2 Å². The molecule has 0 aromatic heterocycles. The summed E-state index contributed by atoms with van der Waals surface area (Å²) in [6, 6.07) is 0.0578. The quantitative estimate of drug-likeness (QED) is 0.498. The van der Waals surface area contributed by atoms with Crippen LogP contribution in [-0.2, 0) is 19.1 Å². The predicted octanol–water partition coefficient (Wildman–Crippen LogP) is -1.51. The number of ether oxygens (including phenoxy) is 1. The zero-order valence-corrected chi connectivity index (χ0v) is 13.7. The van der Waals surface area contributed by atoms with Crippen molar-refractivity contribution in [2.24, 2.45) is 5.92 Å². The van der Waals surface area contributed by atoms with Gasteiger partial charge in [-0.25, -0.2) is 0 Å². The molecule has 0 aliphatic carbocycles. The molecule has 0 radical (unpaired) electrons. The first-order valence-corrected chi connectivity index (χ1v) is 7.98. The summed E-state index contributed by atoms with van der Waals surface area (Å²) in [5.74, 6) is -0.656. The molecule has 0 spiro atoms. The van der Waals surface area contributed by atoms with Crippen molar-refractivity contribution < 1.29 is 24.0 Å². The molecule has 22 heavy (non-hydrogen) atoms. The van der Waals surface area contributed by atoms with Gasteiger partial charge in [-0.3, -0.25) is 14.4 Å². The largest absolute Gasteiger partial charge is 0.466 e. The van der Waals surface area contributed by atoms with E-state index in [1.807, 2.05) is 13.8 Å². The number of quaternary nitrogens is 1. The van der Waals surface area contributed by atoms with E-state index in [1.54, 1.807) is 6.92 Å². The van der Waals surface area contributed by atoms with Crippen LogP contribution < -0.4 is 15.5 Å². The molecule has 3 N–H and O–H groups in total. The van der Waals surface area contributed by atoms with E-state index in [-0.39, 0.29) is 42.8 Å². The van der Waals surface area contributed by atoms with Gasteiger partial charge >= 0.3 is 5.97 Å². The van der Waals surface area contributed by atoms with E-state index >= 15 is 0 Å². The van der Waals surface area contributed by atoms with Crippen LogP contribution in [-0.4, -0.2) is 56.6 Å². The number of rotatable bonds is 7. The highest BCUT2D eigenvalue weighted by Gasteiger charge is 2.30. The van der Waals surface area contributed by atoms with Crippen LogP contribution in [0.3, 0.4) is 0 Å². The molecular formula is C15H28N3O4+. The molecule has 1 fully saturated rings. The number of carbonyl (C=O) groups is 3. The van der Waals surface area contributed by atoms with Crippen molar-refractivity contribution in [3.8, 4) is 0 Å². The maximum Gasteiger partial charge on any atom is 0.314 e. The van der Waals surface area contributed by atoms with Crippen molar-refractivity contribution in [2.45, 2.75) is 39.7 Å². The molecule has 1 aliphatic rings. The summed E-state index contributed by atoms with van der Waals surface area (Å²) in [5.41, 5.74) is 0. The zero-order valence-electron chi connectivity index (χ0n) is 13.7. The maximum atomic E-state index is 11.9. The first kappa shape index (κ1) is 18.4. The molecule has 1 aliphatic heterocycles. The highest BCUT2D eigenvalue weighted by Crippen LogP contribution is 2.09. The Balaban J connectivity index is 2.31. The van der Waals surface area contributed by atoms with Crippen LogP contribution in [0.15, 0.2) is 0 Å². The molecule has 7 heteroatoms. The van der Waals surface area contributed by atoms with Crippen LogP contribution in [0, 0.1) is 5.92 Å². The molecule has 0 aromatic carbocycles. The Bertz CT molecular complexity index is 398. The van der Waals surface area contributed by atoms with Gasteiger partial charge in [0.2, 0.25) is 5.91 Å². The minimum atomic E-state index is -0.193. The number of likely N-dealkylation sites (tertiary alicyclic amines) is 1. The van der Waals surface area contributed by atoms with Crippen molar-refractivity contribution in [3.05, 3.63) is 0 Å². The third-order valence-electron chi connectivity index (χ3n) is 3.54. The first-order valence-electron chi connectivity index (χ1n) is 7.98. The Kier molecular flexibility index (Phi) is 7.87. The van der Waals surface area contributed by atoms with Crippen LogP contribution in [0.4, 0.5) is 0 Å². The summed E-state index contributed by atoms with van der Waals surface area (Å²) in [5, 5.41) is 5.33. The van der Waals surface area contributed by atoms with E-state index in [0.717, 1.165) is 24.3 Å². The minimum absolute atomic E-state index is 0.00834. The Morgan fingerprint density at radius 2 is 2.00 bits per heavy atom. The van der Waals surface area contributed by atoms with Crippen molar-refractivity contribution in [2.75, 3.05) is 32.8 Å². The lowest BCUT2D eigenvalue weighted by Crippen LogP contribution is -3.14. The molecule has 2 atom stereocenters. The van der Waals surface area contributed by atoms with Gasteiger partial charge in [-0.15, -0.1) is 0 Å². The number of amides is 2. The lowest BCUT2D eigenvalue weighted by Gasteiger charge is -2.28. The second-order valence-corrected chi connectivity index (χ2v) is 5.97. The molecule has 7 nitrogen and oxygen atoms in total. The average molecular weight is 314 g/mol. The number of esters is 1. The molecule has 126 valence electrons. The molecule has 1 unspecified atom stereocenters. The van der Waals surface area contributed by atoms with Gasteiger partial charge in [0.25, 0.3) is 5.91 Å². The molecule has 2 amide bonds. The van der Waals surface area contributed by atoms with E-state index in [9.17, 15) is 14.4 Å². The maximum absolute atomic E-state index is 11.9.